The van der Waals surface area contributed by atoms with Crippen LogP contribution >= 0.6 is 0 Å². The number of ether oxygens (including phenoxy) is 4. The standard InChI is InChI=1S/C39H32N2O4/c1(28-13-17-40-18-14-28)3-30-5-9-34-32(25-30)7-11-36-38(34)39-35-10-6-31(4-2-29-15-19-41-20-16-29)26-33(35)8-12-37(39)45-27-43-22-21-42-23-24-44-36/h1-20,25-26H,21-24,27H2/b3-1-,4-2+. The van der Waals surface area contributed by atoms with Crippen molar-refractivity contribution in [3.05, 3.63) is 132 Å². The van der Waals surface area contributed by atoms with Gasteiger partial charge in [0.25, 0.3) is 0 Å². The van der Waals surface area contributed by atoms with Crippen LogP contribution in [-0.2, 0) is 9.47 Å². The van der Waals surface area contributed by atoms with Gasteiger partial charge >= 0.3 is 0 Å². The normalized spacial score (nSPS) is 14.2. The summed E-state index contributed by atoms with van der Waals surface area (Å²) in [5.41, 5.74) is 6.36. The van der Waals surface area contributed by atoms with Crippen molar-refractivity contribution in [2.75, 3.05) is 33.2 Å². The van der Waals surface area contributed by atoms with Gasteiger partial charge in [-0.3, -0.25) is 9.97 Å². The third-order valence-electron chi connectivity index (χ3n) is 7.76. The van der Waals surface area contributed by atoms with Crippen molar-refractivity contribution in [2.45, 2.75) is 0 Å². The van der Waals surface area contributed by atoms with Gasteiger partial charge in [0.1, 0.15) is 18.1 Å². The van der Waals surface area contributed by atoms with E-state index in [-0.39, 0.29) is 6.79 Å². The summed E-state index contributed by atoms with van der Waals surface area (Å²) in [6.07, 6.45) is 15.6. The van der Waals surface area contributed by atoms with Gasteiger partial charge < -0.3 is 18.9 Å². The predicted molar refractivity (Wildman–Crippen MR) is 181 cm³/mol. The highest BCUT2D eigenvalue weighted by Crippen LogP contribution is 2.46. The summed E-state index contributed by atoms with van der Waals surface area (Å²) in [5.74, 6) is 1.52. The molecule has 2 aromatic heterocycles. The second-order valence-electron chi connectivity index (χ2n) is 10.7. The molecule has 0 spiro atoms. The molecule has 45 heavy (non-hydrogen) atoms. The third-order valence-corrected chi connectivity index (χ3v) is 7.76. The molecule has 0 saturated heterocycles. The number of hydrogen-bond donors (Lipinski definition) is 0. The van der Waals surface area contributed by atoms with E-state index in [9.17, 15) is 0 Å². The van der Waals surface area contributed by atoms with Crippen molar-refractivity contribution >= 4 is 45.8 Å². The van der Waals surface area contributed by atoms with E-state index in [4.69, 9.17) is 18.9 Å². The second kappa shape index (κ2) is 13.6. The summed E-state index contributed by atoms with van der Waals surface area (Å²) >= 11 is 0. The average molecular weight is 593 g/mol. The predicted octanol–water partition coefficient (Wildman–Crippen LogP) is 8.55. The Labute approximate surface area is 262 Å². The monoisotopic (exact) mass is 592 g/mol. The zero-order valence-electron chi connectivity index (χ0n) is 24.8. The Bertz CT molecular complexity index is 1840. The van der Waals surface area contributed by atoms with Crippen LogP contribution in [0.25, 0.3) is 57.0 Å². The van der Waals surface area contributed by atoms with Gasteiger partial charge in [0.2, 0.25) is 0 Å². The van der Waals surface area contributed by atoms with Gasteiger partial charge in [-0.15, -0.1) is 0 Å². The van der Waals surface area contributed by atoms with Crippen LogP contribution < -0.4 is 9.47 Å². The fourth-order valence-electron chi connectivity index (χ4n) is 5.55. The maximum absolute atomic E-state index is 6.40. The molecule has 6 aromatic rings. The molecule has 6 heteroatoms. The molecular weight excluding hydrogens is 560 g/mol. The molecule has 0 bridgehead atoms. The Kier molecular flexibility index (Phi) is 8.58. The summed E-state index contributed by atoms with van der Waals surface area (Å²) < 4.78 is 24.2. The maximum atomic E-state index is 6.40. The van der Waals surface area contributed by atoms with Crippen molar-refractivity contribution in [2.24, 2.45) is 0 Å². The van der Waals surface area contributed by atoms with Crippen LogP contribution in [0.3, 0.4) is 0 Å². The Morgan fingerprint density at radius 3 is 1.51 bits per heavy atom. The summed E-state index contributed by atoms with van der Waals surface area (Å²) in [7, 11) is 0. The van der Waals surface area contributed by atoms with Gasteiger partial charge in [-0.05, 0) is 92.3 Å². The summed E-state index contributed by atoms with van der Waals surface area (Å²) in [5, 5.41) is 4.34. The Hall–Kier alpha value is -5.30. The van der Waals surface area contributed by atoms with Gasteiger partial charge in [-0.1, -0.05) is 60.7 Å². The van der Waals surface area contributed by atoms with E-state index in [1.54, 1.807) is 24.8 Å². The van der Waals surface area contributed by atoms with Crippen molar-refractivity contribution in [1.82, 2.24) is 9.97 Å². The molecule has 0 N–H and O–H groups in total. The van der Waals surface area contributed by atoms with E-state index >= 15 is 0 Å². The van der Waals surface area contributed by atoms with Crippen LogP contribution in [0.4, 0.5) is 0 Å². The Morgan fingerprint density at radius 1 is 0.444 bits per heavy atom. The molecule has 0 unspecified atom stereocenters. The van der Waals surface area contributed by atoms with E-state index in [0.717, 1.165) is 66.4 Å². The molecule has 7 rings (SSSR count). The molecule has 1 aliphatic heterocycles. The highest BCUT2D eigenvalue weighted by molar-refractivity contribution is 6.10. The molecule has 1 aliphatic rings. The summed E-state index contributed by atoms with van der Waals surface area (Å²) in [6.45, 7) is 1.95. The third kappa shape index (κ3) is 6.63. The van der Waals surface area contributed by atoms with E-state index in [1.807, 2.05) is 30.3 Å². The molecule has 222 valence electrons. The van der Waals surface area contributed by atoms with E-state index in [0.29, 0.717) is 26.4 Å². The van der Waals surface area contributed by atoms with Crippen LogP contribution in [-0.4, -0.2) is 43.2 Å². The van der Waals surface area contributed by atoms with Gasteiger partial charge in [-0.25, -0.2) is 0 Å². The first-order valence-electron chi connectivity index (χ1n) is 15.0. The minimum atomic E-state index is 0.125. The van der Waals surface area contributed by atoms with Crippen molar-refractivity contribution in [3.63, 3.8) is 0 Å². The van der Waals surface area contributed by atoms with E-state index in [1.165, 1.54) is 0 Å². The van der Waals surface area contributed by atoms with E-state index < -0.39 is 0 Å². The SMILES string of the molecule is C(=C/c1ccc2c3c(ccc2c1)OCCOCCOCOc1ccc2cc(/C=C/c4ccncc4)ccc2c1-3)/c1ccncc1. The quantitative estimate of drug-likeness (QED) is 0.204. The molecule has 0 aliphatic carbocycles. The van der Waals surface area contributed by atoms with Crippen LogP contribution in [0, 0.1) is 0 Å². The summed E-state index contributed by atoms with van der Waals surface area (Å²) in [4.78, 5) is 8.23. The van der Waals surface area contributed by atoms with Gasteiger partial charge in [-0.2, -0.15) is 0 Å². The smallest absolute Gasteiger partial charge is 0.189 e. The zero-order valence-corrected chi connectivity index (χ0v) is 24.8. The van der Waals surface area contributed by atoms with Crippen LogP contribution in [0.5, 0.6) is 11.5 Å². The first kappa shape index (κ1) is 28.5. The van der Waals surface area contributed by atoms with Crippen molar-refractivity contribution in [3.8, 4) is 22.6 Å². The maximum Gasteiger partial charge on any atom is 0.189 e. The van der Waals surface area contributed by atoms with Crippen molar-refractivity contribution < 1.29 is 18.9 Å². The van der Waals surface area contributed by atoms with Gasteiger partial charge in [0.05, 0.1) is 19.8 Å². The average Bonchev–Trinajstić information content (AvgIpc) is 3.11. The molecule has 0 fully saturated rings. The highest BCUT2D eigenvalue weighted by Gasteiger charge is 2.20. The molecule has 6 nitrogen and oxygen atoms in total. The highest BCUT2D eigenvalue weighted by atomic mass is 16.7. The Morgan fingerprint density at radius 2 is 0.933 bits per heavy atom. The number of aromatic nitrogens is 2. The molecule has 0 radical (unpaired) electrons. The second-order valence-corrected chi connectivity index (χ2v) is 10.7. The topological polar surface area (TPSA) is 62.7 Å². The number of fused-ring (bicyclic) bond motifs is 7. The minimum absolute atomic E-state index is 0.125. The lowest BCUT2D eigenvalue weighted by atomic mass is 9.91. The molecule has 0 amide bonds. The van der Waals surface area contributed by atoms with E-state index in [2.05, 4.69) is 88.9 Å². The number of nitrogens with zero attached hydrogens (tertiary/aromatic N) is 2. The first-order chi connectivity index (χ1) is 22.3. The number of pyridine rings is 2. The molecule has 3 heterocycles. The number of rotatable bonds is 4. The lowest BCUT2D eigenvalue weighted by Gasteiger charge is -2.20. The number of benzene rings is 4. The van der Waals surface area contributed by atoms with Crippen molar-refractivity contribution in [1.29, 1.82) is 0 Å². The van der Waals surface area contributed by atoms with Crippen LogP contribution in [0.1, 0.15) is 22.3 Å². The molecular formula is C39H32N2O4. The summed E-state index contributed by atoms with van der Waals surface area (Å²) in [6, 6.07) is 29.3. The van der Waals surface area contributed by atoms with Crippen LogP contribution in [0.2, 0.25) is 0 Å². The van der Waals surface area contributed by atoms with Crippen LogP contribution in [0.15, 0.2) is 110 Å². The molecule has 0 saturated carbocycles. The Balaban J connectivity index is 1.37. The number of hydrogen-bond acceptors (Lipinski definition) is 6. The molecule has 4 aromatic carbocycles. The first-order valence-corrected chi connectivity index (χ1v) is 15.0. The van der Waals surface area contributed by atoms with Gasteiger partial charge in [0, 0.05) is 35.9 Å². The molecule has 0 atom stereocenters. The fraction of sp³-hybridized carbons (Fsp3) is 0.128. The lowest BCUT2D eigenvalue weighted by Crippen LogP contribution is -2.12. The lowest BCUT2D eigenvalue weighted by molar-refractivity contribution is -0.0195. The minimum Gasteiger partial charge on any atom is -0.491 e. The largest absolute Gasteiger partial charge is 0.491 e. The van der Waals surface area contributed by atoms with Gasteiger partial charge in [0.15, 0.2) is 6.79 Å². The zero-order chi connectivity index (χ0) is 30.3. The fourth-order valence-corrected chi connectivity index (χ4v) is 5.55.